The van der Waals surface area contributed by atoms with Crippen molar-refractivity contribution >= 4 is 28.6 Å². The van der Waals surface area contributed by atoms with Crippen LogP contribution in [0, 0.1) is 11.3 Å². The van der Waals surface area contributed by atoms with Crippen molar-refractivity contribution in [2.75, 3.05) is 17.7 Å². The number of para-hydroxylation sites is 1. The van der Waals surface area contributed by atoms with Crippen LogP contribution < -0.4 is 4.90 Å². The molecule has 3 aromatic carbocycles. The second kappa shape index (κ2) is 12.1. The Hall–Kier alpha value is -3.22. The summed E-state index contributed by atoms with van der Waals surface area (Å²) in [5.74, 6) is 0.668. The average molecular weight is 559 g/mol. The first-order valence-electron chi connectivity index (χ1n) is 13.9. The van der Waals surface area contributed by atoms with Gasteiger partial charge in [-0.2, -0.15) is 0 Å². The Bertz CT molecular complexity index is 1410. The van der Waals surface area contributed by atoms with E-state index in [-0.39, 0.29) is 24.0 Å². The molecule has 1 fully saturated rings. The van der Waals surface area contributed by atoms with Crippen LogP contribution in [0.15, 0.2) is 83.9 Å². The molecule has 1 N–H and O–H groups in total. The number of hydrogen-bond acceptors (Lipinski definition) is 4. The summed E-state index contributed by atoms with van der Waals surface area (Å²) in [7, 11) is -1.23. The Morgan fingerprint density at radius 1 is 1.10 bits per heavy atom. The topological polar surface area (TPSA) is 60.9 Å². The Kier molecular flexibility index (Phi) is 9.01. The minimum Gasteiger partial charge on any atom is -0.392 e. The quantitative estimate of drug-likeness (QED) is 0.281. The normalized spacial score (nSPS) is 18.1. The smallest absolute Gasteiger partial charge is 0.218 e. The summed E-state index contributed by atoms with van der Waals surface area (Å²) in [4.78, 5) is 17.5. The monoisotopic (exact) mass is 558 g/mol. The summed E-state index contributed by atoms with van der Waals surface area (Å²) >= 11 is 0. The lowest BCUT2D eigenvalue weighted by Gasteiger charge is -2.40. The van der Waals surface area contributed by atoms with E-state index < -0.39 is 10.8 Å². The molecule has 0 saturated carbocycles. The zero-order valence-corrected chi connectivity index (χ0v) is 25.4. The summed E-state index contributed by atoms with van der Waals surface area (Å²) in [5.41, 5.74) is 6.41. The number of rotatable bonds is 9. The number of benzene rings is 3. The van der Waals surface area contributed by atoms with Crippen LogP contribution in [0.3, 0.4) is 0 Å². The molecule has 3 aromatic rings. The Morgan fingerprint density at radius 3 is 2.42 bits per heavy atom. The molecule has 212 valence electrons. The highest BCUT2D eigenvalue weighted by Gasteiger charge is 2.41. The van der Waals surface area contributed by atoms with Gasteiger partial charge < -0.3 is 10.0 Å². The van der Waals surface area contributed by atoms with Crippen LogP contribution in [0.4, 0.5) is 11.4 Å². The average Bonchev–Trinajstić information content (AvgIpc) is 3.38. The molecule has 6 heteroatoms. The zero-order valence-electron chi connectivity index (χ0n) is 24.6. The molecule has 1 aliphatic rings. The van der Waals surface area contributed by atoms with Gasteiger partial charge in [-0.05, 0) is 58.9 Å². The second-order valence-electron chi connectivity index (χ2n) is 12.0. The Labute approximate surface area is 242 Å². The van der Waals surface area contributed by atoms with Gasteiger partial charge in [-0.15, -0.1) is 0 Å². The molecule has 0 aromatic heterocycles. The van der Waals surface area contributed by atoms with Crippen LogP contribution in [-0.2, 0) is 22.2 Å². The van der Waals surface area contributed by atoms with Crippen molar-refractivity contribution in [2.24, 2.45) is 11.3 Å². The van der Waals surface area contributed by atoms with Gasteiger partial charge in [0.2, 0.25) is 6.41 Å². The highest BCUT2D eigenvalue weighted by Crippen LogP contribution is 2.46. The first-order chi connectivity index (χ1) is 19.0. The first-order valence-corrected chi connectivity index (χ1v) is 15.5. The third-order valence-corrected chi connectivity index (χ3v) is 9.05. The largest absolute Gasteiger partial charge is 0.392 e. The Balaban J connectivity index is 1.74. The number of anilines is 2. The molecule has 0 bridgehead atoms. The number of aliphatic hydroxyl groups is 1. The van der Waals surface area contributed by atoms with Crippen molar-refractivity contribution in [3.8, 4) is 11.1 Å². The lowest BCUT2D eigenvalue weighted by atomic mass is 9.83. The fourth-order valence-electron chi connectivity index (χ4n) is 5.97. The molecule has 1 aliphatic heterocycles. The third-order valence-electron chi connectivity index (χ3n) is 8.05. The van der Waals surface area contributed by atoms with Crippen LogP contribution in [-0.4, -0.2) is 39.5 Å². The molecular weight excluding hydrogens is 516 g/mol. The van der Waals surface area contributed by atoms with Gasteiger partial charge >= 0.3 is 0 Å². The summed E-state index contributed by atoms with van der Waals surface area (Å²) in [6.07, 6.45) is 3.51. The van der Waals surface area contributed by atoms with Crippen LogP contribution >= 0.6 is 0 Å². The van der Waals surface area contributed by atoms with E-state index in [0.29, 0.717) is 16.4 Å². The maximum atomic E-state index is 12.7. The molecule has 4 rings (SSSR count). The fraction of sp³-hybridized carbons (Fsp3) is 0.382. The minimum atomic E-state index is -1.23. The number of likely N-dealkylation sites (tertiary alicyclic amines) is 1. The number of allylic oxidation sites excluding steroid dienone is 1. The maximum Gasteiger partial charge on any atom is 0.218 e. The van der Waals surface area contributed by atoms with Crippen LogP contribution in [0.5, 0.6) is 0 Å². The Morgan fingerprint density at radius 2 is 1.80 bits per heavy atom. The van der Waals surface area contributed by atoms with Crippen molar-refractivity contribution < 1.29 is 14.1 Å². The fourth-order valence-corrected chi connectivity index (χ4v) is 6.76. The summed E-state index contributed by atoms with van der Waals surface area (Å²) in [6.45, 7) is 16.5. The van der Waals surface area contributed by atoms with Crippen molar-refractivity contribution in [3.63, 3.8) is 0 Å². The van der Waals surface area contributed by atoms with Gasteiger partial charge in [-0.1, -0.05) is 83.7 Å². The van der Waals surface area contributed by atoms with Gasteiger partial charge in [0.25, 0.3) is 0 Å². The molecule has 3 atom stereocenters. The standard InChI is InChI=1S/C34H42N2O3S/c1-23(2)33-30(17-18-35(33)24(3)34(4,5)6)29-13-8-9-14-31(29)36(22-38)28-12-10-11-25(19-28)26-15-16-27(21-37)32(20-26)40(7)39/h8-16,19-20,22-23,30,33,37H,3,17-18,21H2,1-2,4-7H3. The number of amides is 1. The third kappa shape index (κ3) is 5.93. The highest BCUT2D eigenvalue weighted by molar-refractivity contribution is 7.84. The number of carbonyl (C=O) groups is 1. The van der Waals surface area contributed by atoms with Gasteiger partial charge in [0.1, 0.15) is 0 Å². The van der Waals surface area contributed by atoms with E-state index in [1.54, 1.807) is 11.2 Å². The molecule has 40 heavy (non-hydrogen) atoms. The zero-order chi connectivity index (χ0) is 29.2. The van der Waals surface area contributed by atoms with Gasteiger partial charge in [-0.25, -0.2) is 0 Å². The molecule has 1 heterocycles. The van der Waals surface area contributed by atoms with Crippen LogP contribution in [0.25, 0.3) is 11.1 Å². The van der Waals surface area contributed by atoms with E-state index in [1.807, 2.05) is 54.6 Å². The number of nitrogens with zero attached hydrogens (tertiary/aromatic N) is 2. The number of carbonyl (C=O) groups excluding carboxylic acids is 1. The molecule has 0 spiro atoms. The van der Waals surface area contributed by atoms with E-state index in [2.05, 4.69) is 58.2 Å². The molecule has 5 nitrogen and oxygen atoms in total. The summed E-state index contributed by atoms with van der Waals surface area (Å²) < 4.78 is 12.3. The van der Waals surface area contributed by atoms with Gasteiger partial charge in [0.15, 0.2) is 0 Å². The van der Waals surface area contributed by atoms with Crippen molar-refractivity contribution in [1.82, 2.24) is 4.90 Å². The molecule has 1 saturated heterocycles. The molecular formula is C34H42N2O3S. The summed E-state index contributed by atoms with van der Waals surface area (Å²) in [6, 6.07) is 22.0. The van der Waals surface area contributed by atoms with Crippen LogP contribution in [0.1, 0.15) is 58.1 Å². The van der Waals surface area contributed by atoms with E-state index in [1.165, 1.54) is 5.56 Å². The molecule has 1 amide bonds. The number of hydrogen-bond donors (Lipinski definition) is 1. The van der Waals surface area contributed by atoms with Gasteiger partial charge in [-0.3, -0.25) is 13.9 Å². The van der Waals surface area contributed by atoms with Gasteiger partial charge in [0, 0.05) is 46.5 Å². The van der Waals surface area contributed by atoms with Crippen molar-refractivity contribution in [1.29, 1.82) is 0 Å². The lowest BCUT2D eigenvalue weighted by molar-refractivity contribution is -0.106. The predicted octanol–water partition coefficient (Wildman–Crippen LogP) is 7.25. The second-order valence-corrected chi connectivity index (χ2v) is 13.4. The maximum absolute atomic E-state index is 12.7. The predicted molar refractivity (Wildman–Crippen MR) is 166 cm³/mol. The lowest BCUT2D eigenvalue weighted by Crippen LogP contribution is -2.39. The van der Waals surface area contributed by atoms with Crippen LogP contribution in [0.2, 0.25) is 0 Å². The highest BCUT2D eigenvalue weighted by atomic mass is 32.2. The SMILES string of the molecule is C=C(N1CCC(c2ccccc2N(C=O)c2cccc(-c3ccc(CO)c(S(C)=O)c3)c2)C1C(C)C)C(C)(C)C. The van der Waals surface area contributed by atoms with Gasteiger partial charge in [0.05, 0.1) is 23.1 Å². The van der Waals surface area contributed by atoms with Crippen molar-refractivity contribution in [3.05, 3.63) is 90.1 Å². The van der Waals surface area contributed by atoms with E-state index in [0.717, 1.165) is 47.6 Å². The molecule has 3 unspecified atom stereocenters. The molecule has 0 aliphatic carbocycles. The minimum absolute atomic E-state index is 0.0174. The van der Waals surface area contributed by atoms with Crippen molar-refractivity contribution in [2.45, 2.75) is 64.5 Å². The van der Waals surface area contributed by atoms with E-state index >= 15 is 0 Å². The first kappa shape index (κ1) is 29.8. The van der Waals surface area contributed by atoms with E-state index in [4.69, 9.17) is 0 Å². The molecule has 0 radical (unpaired) electrons. The van der Waals surface area contributed by atoms with E-state index in [9.17, 15) is 14.1 Å². The number of aliphatic hydroxyl groups excluding tert-OH is 1. The summed E-state index contributed by atoms with van der Waals surface area (Å²) in [5, 5.41) is 9.67.